The van der Waals surface area contributed by atoms with Crippen molar-refractivity contribution in [1.82, 2.24) is 0 Å². The van der Waals surface area contributed by atoms with E-state index in [2.05, 4.69) is 15.5 Å². The average molecular weight is 341 g/mol. The van der Waals surface area contributed by atoms with Crippen molar-refractivity contribution in [3.05, 3.63) is 59.1 Å². The van der Waals surface area contributed by atoms with Crippen LogP contribution in [0, 0.1) is 0 Å². The number of halogens is 1. The molecule has 6 heteroatoms. The minimum Gasteiger partial charge on any atom is -0.378 e. The molecule has 2 aromatic rings. The van der Waals surface area contributed by atoms with Crippen LogP contribution in [-0.2, 0) is 11.3 Å². The van der Waals surface area contributed by atoms with Crippen LogP contribution in [0.1, 0.15) is 12.0 Å². The first-order valence-electron chi connectivity index (χ1n) is 7.91. The summed E-state index contributed by atoms with van der Waals surface area (Å²) in [6.07, 6.45) is 0.830. The first-order chi connectivity index (χ1) is 11.8. The van der Waals surface area contributed by atoms with E-state index in [1.807, 2.05) is 48.5 Å². The molecule has 1 fully saturated rings. The number of para-hydroxylation sites is 2. The van der Waals surface area contributed by atoms with Crippen LogP contribution in [0.15, 0.2) is 63.8 Å². The third-order valence-corrected chi connectivity index (χ3v) is 4.50. The molecule has 1 unspecified atom stereocenters. The zero-order valence-corrected chi connectivity index (χ0v) is 13.8. The monoisotopic (exact) mass is 340 g/mol. The summed E-state index contributed by atoms with van der Waals surface area (Å²) in [6.45, 7) is 1.71. The highest BCUT2D eigenvalue weighted by atomic mass is 35.5. The Morgan fingerprint density at radius 2 is 2.12 bits per heavy atom. The number of rotatable bonds is 2. The molecular weight excluding hydrogens is 324 g/mol. The van der Waals surface area contributed by atoms with Gasteiger partial charge in [-0.2, -0.15) is 5.11 Å². The molecule has 1 spiro atoms. The van der Waals surface area contributed by atoms with Crippen LogP contribution < -0.4 is 5.32 Å². The van der Waals surface area contributed by atoms with Crippen molar-refractivity contribution >= 4 is 28.8 Å². The van der Waals surface area contributed by atoms with Crippen molar-refractivity contribution in [2.45, 2.75) is 18.5 Å². The Morgan fingerprint density at radius 3 is 2.96 bits per heavy atom. The van der Waals surface area contributed by atoms with Gasteiger partial charge >= 0.3 is 0 Å². The van der Waals surface area contributed by atoms with Crippen LogP contribution in [0.3, 0.4) is 0 Å². The van der Waals surface area contributed by atoms with E-state index in [9.17, 15) is 0 Å². The lowest BCUT2D eigenvalue weighted by Gasteiger charge is -2.32. The minimum absolute atomic E-state index is 0.383. The fraction of sp³-hybridized carbons (Fsp3) is 0.278. The van der Waals surface area contributed by atoms with Crippen molar-refractivity contribution in [1.29, 1.82) is 0 Å². The Kier molecular flexibility index (Phi) is 4.04. The first-order valence-corrected chi connectivity index (χ1v) is 8.29. The van der Waals surface area contributed by atoms with E-state index < -0.39 is 0 Å². The topological polar surface area (TPSA) is 58.3 Å². The van der Waals surface area contributed by atoms with Crippen molar-refractivity contribution in [3.8, 4) is 0 Å². The standard InChI is InChI=1S/C18H17ClN4O/c19-14-5-3-4-13(10-14)11-20-23-17-18(8-9-24-12-18)22-16-7-2-1-6-15(16)21-17/h1-7,10,22H,8-9,11-12H2. The van der Waals surface area contributed by atoms with Gasteiger partial charge in [-0.1, -0.05) is 35.9 Å². The van der Waals surface area contributed by atoms with Gasteiger partial charge in [-0.05, 0) is 29.8 Å². The SMILES string of the molecule is Clc1cccc(CN=NC2=Nc3ccccc3NC23CCOC3)c1. The molecule has 1 atom stereocenters. The average Bonchev–Trinajstić information content (AvgIpc) is 3.04. The third-order valence-electron chi connectivity index (χ3n) is 4.26. The van der Waals surface area contributed by atoms with E-state index in [0.717, 1.165) is 23.4 Å². The molecule has 2 aromatic carbocycles. The summed E-state index contributed by atoms with van der Waals surface area (Å²) in [6, 6.07) is 15.6. The van der Waals surface area contributed by atoms with Gasteiger partial charge in [-0.25, -0.2) is 4.99 Å². The number of hydrogen-bond acceptors (Lipinski definition) is 5. The van der Waals surface area contributed by atoms with Gasteiger partial charge in [-0.15, -0.1) is 5.11 Å². The lowest BCUT2D eigenvalue weighted by molar-refractivity contribution is 0.190. The van der Waals surface area contributed by atoms with Gasteiger partial charge in [0.05, 0.1) is 24.5 Å². The van der Waals surface area contributed by atoms with Crippen molar-refractivity contribution in [2.24, 2.45) is 15.2 Å². The van der Waals surface area contributed by atoms with Gasteiger partial charge in [0.2, 0.25) is 0 Å². The predicted molar refractivity (Wildman–Crippen MR) is 95.3 cm³/mol. The second-order valence-corrected chi connectivity index (χ2v) is 6.43. The van der Waals surface area contributed by atoms with Crippen LogP contribution in [0.2, 0.25) is 5.02 Å². The number of amidine groups is 1. The lowest BCUT2D eigenvalue weighted by atomic mass is 9.94. The van der Waals surface area contributed by atoms with Crippen LogP contribution in [0.4, 0.5) is 11.4 Å². The summed E-state index contributed by atoms with van der Waals surface area (Å²) in [5.74, 6) is 0.681. The molecule has 4 rings (SSSR count). The number of ether oxygens (including phenoxy) is 1. The Morgan fingerprint density at radius 1 is 1.21 bits per heavy atom. The fourth-order valence-electron chi connectivity index (χ4n) is 2.99. The fourth-order valence-corrected chi connectivity index (χ4v) is 3.20. The highest BCUT2D eigenvalue weighted by molar-refractivity contribution is 6.30. The van der Waals surface area contributed by atoms with E-state index in [4.69, 9.17) is 21.3 Å². The van der Waals surface area contributed by atoms with E-state index in [1.54, 1.807) is 0 Å². The highest BCUT2D eigenvalue weighted by Crippen LogP contribution is 2.37. The number of nitrogens with zero attached hydrogens (tertiary/aromatic N) is 3. The molecule has 0 aromatic heterocycles. The van der Waals surface area contributed by atoms with E-state index >= 15 is 0 Å². The zero-order valence-electron chi connectivity index (χ0n) is 13.1. The molecule has 1 saturated heterocycles. The largest absolute Gasteiger partial charge is 0.378 e. The van der Waals surface area contributed by atoms with E-state index in [1.165, 1.54) is 0 Å². The summed E-state index contributed by atoms with van der Waals surface area (Å²) in [7, 11) is 0. The van der Waals surface area contributed by atoms with E-state index in [-0.39, 0.29) is 5.54 Å². The predicted octanol–water partition coefficient (Wildman–Crippen LogP) is 4.61. The number of benzene rings is 2. The normalized spacial score (nSPS) is 22.5. The molecule has 0 saturated carbocycles. The summed E-state index contributed by atoms with van der Waals surface area (Å²) in [4.78, 5) is 4.72. The number of fused-ring (bicyclic) bond motifs is 1. The summed E-state index contributed by atoms with van der Waals surface area (Å²) in [5, 5.41) is 13.0. The maximum Gasteiger partial charge on any atom is 0.179 e. The number of hydrogen-bond donors (Lipinski definition) is 1. The van der Waals surface area contributed by atoms with Gasteiger partial charge in [0.15, 0.2) is 5.84 Å². The van der Waals surface area contributed by atoms with Gasteiger partial charge in [0.25, 0.3) is 0 Å². The minimum atomic E-state index is -0.383. The zero-order chi connectivity index (χ0) is 16.4. The molecule has 0 bridgehead atoms. The second-order valence-electron chi connectivity index (χ2n) is 5.99. The molecular formula is C18H17ClN4O. The van der Waals surface area contributed by atoms with Gasteiger partial charge in [0, 0.05) is 18.1 Å². The molecule has 0 aliphatic carbocycles. The second kappa shape index (κ2) is 6.34. The van der Waals surface area contributed by atoms with E-state index in [0.29, 0.717) is 30.6 Å². The van der Waals surface area contributed by atoms with Crippen LogP contribution >= 0.6 is 11.6 Å². The Labute approximate surface area is 145 Å². The van der Waals surface area contributed by atoms with Crippen molar-refractivity contribution < 1.29 is 4.74 Å². The Balaban J connectivity index is 1.61. The maximum atomic E-state index is 6.00. The molecule has 0 amide bonds. The van der Waals surface area contributed by atoms with Gasteiger partial charge < -0.3 is 10.1 Å². The van der Waals surface area contributed by atoms with Crippen molar-refractivity contribution in [2.75, 3.05) is 18.5 Å². The Hall–Kier alpha value is -2.24. The highest BCUT2D eigenvalue weighted by Gasteiger charge is 2.43. The molecule has 2 aliphatic heterocycles. The van der Waals surface area contributed by atoms with Crippen LogP contribution in [0.25, 0.3) is 0 Å². The molecule has 1 N–H and O–H groups in total. The van der Waals surface area contributed by atoms with Gasteiger partial charge in [-0.3, -0.25) is 0 Å². The quantitative estimate of drug-likeness (QED) is 0.812. The molecule has 5 nitrogen and oxygen atoms in total. The molecule has 24 heavy (non-hydrogen) atoms. The first kappa shape index (κ1) is 15.3. The lowest BCUT2D eigenvalue weighted by Crippen LogP contribution is -2.47. The molecule has 2 aliphatic rings. The number of azo groups is 1. The number of aliphatic imine (C=N–C) groups is 1. The van der Waals surface area contributed by atoms with Gasteiger partial charge in [0.1, 0.15) is 5.54 Å². The molecule has 2 heterocycles. The van der Waals surface area contributed by atoms with Crippen LogP contribution in [-0.4, -0.2) is 24.6 Å². The third kappa shape index (κ3) is 2.92. The smallest absolute Gasteiger partial charge is 0.179 e. The summed E-state index contributed by atoms with van der Waals surface area (Å²) in [5.41, 5.74) is 2.53. The van der Waals surface area contributed by atoms with Crippen molar-refractivity contribution in [3.63, 3.8) is 0 Å². The summed E-state index contributed by atoms with van der Waals surface area (Å²) < 4.78 is 5.60. The maximum absolute atomic E-state index is 6.00. The van der Waals surface area contributed by atoms with Crippen LogP contribution in [0.5, 0.6) is 0 Å². The molecule has 122 valence electrons. The number of nitrogens with one attached hydrogen (secondary N) is 1. The molecule has 0 radical (unpaired) electrons. The summed E-state index contributed by atoms with van der Waals surface area (Å²) >= 11 is 6.00. The Bertz CT molecular complexity index is 812. The number of anilines is 1.